The molecule has 1 rings (SSSR count). The number of aryl methyl sites for hydroxylation is 1. The highest BCUT2D eigenvalue weighted by atomic mass is 16.5. The number of hydrogen-bond donors (Lipinski definition) is 1. The summed E-state index contributed by atoms with van der Waals surface area (Å²) < 4.78 is 5.18. The summed E-state index contributed by atoms with van der Waals surface area (Å²) in [6.45, 7) is 4.54. The van der Waals surface area contributed by atoms with Crippen LogP contribution in [-0.4, -0.2) is 37.4 Å². The molecular formula is C13H19NO3. The monoisotopic (exact) mass is 237 g/mol. The molecule has 4 heteroatoms. The van der Waals surface area contributed by atoms with E-state index in [9.17, 15) is 4.79 Å². The molecule has 0 saturated heterocycles. The SMILES string of the molecule is CCOC(CN(C)c1cccc(C)c1)C(=O)O. The van der Waals surface area contributed by atoms with Crippen LogP contribution >= 0.6 is 0 Å². The summed E-state index contributed by atoms with van der Waals surface area (Å²) in [5.41, 5.74) is 2.15. The molecule has 0 saturated carbocycles. The number of carboxylic acid groups (broad SMARTS) is 1. The normalized spacial score (nSPS) is 12.2. The molecule has 0 aliphatic heterocycles. The smallest absolute Gasteiger partial charge is 0.334 e. The molecule has 0 radical (unpaired) electrons. The van der Waals surface area contributed by atoms with Crippen LogP contribution in [0, 0.1) is 6.92 Å². The average molecular weight is 237 g/mol. The number of aliphatic carboxylic acids is 1. The number of nitrogens with zero attached hydrogens (tertiary/aromatic N) is 1. The Morgan fingerprint density at radius 1 is 1.53 bits per heavy atom. The quantitative estimate of drug-likeness (QED) is 0.821. The van der Waals surface area contributed by atoms with Gasteiger partial charge in [0.1, 0.15) is 0 Å². The van der Waals surface area contributed by atoms with Crippen LogP contribution in [0.15, 0.2) is 24.3 Å². The predicted molar refractivity (Wildman–Crippen MR) is 67.5 cm³/mol. The lowest BCUT2D eigenvalue weighted by Gasteiger charge is -2.23. The lowest BCUT2D eigenvalue weighted by Crippen LogP contribution is -2.36. The van der Waals surface area contributed by atoms with E-state index >= 15 is 0 Å². The first-order chi connectivity index (χ1) is 8.04. The summed E-state index contributed by atoms with van der Waals surface area (Å²) in [5, 5.41) is 9.00. The predicted octanol–water partition coefficient (Wildman–Crippen LogP) is 1.92. The zero-order valence-corrected chi connectivity index (χ0v) is 10.5. The number of ether oxygens (including phenoxy) is 1. The van der Waals surface area contributed by atoms with Crippen molar-refractivity contribution in [2.45, 2.75) is 20.0 Å². The highest BCUT2D eigenvalue weighted by Gasteiger charge is 2.19. The van der Waals surface area contributed by atoms with E-state index in [0.717, 1.165) is 11.3 Å². The van der Waals surface area contributed by atoms with E-state index < -0.39 is 12.1 Å². The molecule has 0 fully saturated rings. The van der Waals surface area contributed by atoms with E-state index in [0.29, 0.717) is 13.2 Å². The first kappa shape index (κ1) is 13.5. The van der Waals surface area contributed by atoms with Gasteiger partial charge in [0.05, 0.1) is 6.54 Å². The molecule has 4 nitrogen and oxygen atoms in total. The van der Waals surface area contributed by atoms with Gasteiger partial charge in [-0.1, -0.05) is 12.1 Å². The van der Waals surface area contributed by atoms with Crippen LogP contribution in [0.4, 0.5) is 5.69 Å². The van der Waals surface area contributed by atoms with Gasteiger partial charge in [-0.05, 0) is 31.5 Å². The summed E-state index contributed by atoms with van der Waals surface area (Å²) in [6.07, 6.45) is -0.787. The van der Waals surface area contributed by atoms with E-state index in [2.05, 4.69) is 0 Å². The van der Waals surface area contributed by atoms with E-state index in [1.165, 1.54) is 0 Å². The Hall–Kier alpha value is -1.55. The topological polar surface area (TPSA) is 49.8 Å². The van der Waals surface area contributed by atoms with Gasteiger partial charge >= 0.3 is 5.97 Å². The van der Waals surface area contributed by atoms with Crippen LogP contribution in [0.25, 0.3) is 0 Å². The second kappa shape index (κ2) is 6.25. The maximum absolute atomic E-state index is 11.0. The van der Waals surface area contributed by atoms with E-state index in [-0.39, 0.29) is 0 Å². The summed E-state index contributed by atoms with van der Waals surface area (Å²) >= 11 is 0. The molecule has 0 aliphatic carbocycles. The van der Waals surface area contributed by atoms with Crippen molar-refractivity contribution in [2.24, 2.45) is 0 Å². The first-order valence-electron chi connectivity index (χ1n) is 5.66. The van der Waals surface area contributed by atoms with Gasteiger partial charge in [-0.25, -0.2) is 4.79 Å². The molecule has 0 bridgehead atoms. The summed E-state index contributed by atoms with van der Waals surface area (Å²) in [7, 11) is 1.86. The van der Waals surface area contributed by atoms with Gasteiger partial charge in [-0.3, -0.25) is 0 Å². The Morgan fingerprint density at radius 3 is 2.76 bits per heavy atom. The van der Waals surface area contributed by atoms with Crippen LogP contribution in [0.3, 0.4) is 0 Å². The Kier molecular flexibility index (Phi) is 4.97. The van der Waals surface area contributed by atoms with Crippen LogP contribution in [0.5, 0.6) is 0 Å². The Balaban J connectivity index is 2.69. The summed E-state index contributed by atoms with van der Waals surface area (Å²) in [6, 6.07) is 7.94. The number of carbonyl (C=O) groups is 1. The Labute approximate surface area is 102 Å². The molecule has 1 unspecified atom stereocenters. The summed E-state index contributed by atoms with van der Waals surface area (Å²) in [4.78, 5) is 12.9. The van der Waals surface area contributed by atoms with Crippen LogP contribution in [-0.2, 0) is 9.53 Å². The van der Waals surface area contributed by atoms with Crippen molar-refractivity contribution < 1.29 is 14.6 Å². The van der Waals surface area contributed by atoms with Crippen molar-refractivity contribution in [3.8, 4) is 0 Å². The van der Waals surface area contributed by atoms with Gasteiger partial charge in [0.25, 0.3) is 0 Å². The maximum atomic E-state index is 11.0. The average Bonchev–Trinajstić information content (AvgIpc) is 2.28. The third-order valence-corrected chi connectivity index (χ3v) is 2.53. The molecule has 1 atom stereocenters. The van der Waals surface area contributed by atoms with E-state index in [1.54, 1.807) is 6.92 Å². The molecule has 0 aliphatic rings. The number of likely N-dealkylation sites (N-methyl/N-ethyl adjacent to an activating group) is 1. The molecule has 17 heavy (non-hydrogen) atoms. The molecule has 1 N–H and O–H groups in total. The third-order valence-electron chi connectivity index (χ3n) is 2.53. The van der Waals surface area contributed by atoms with Crippen LogP contribution in [0.2, 0.25) is 0 Å². The molecule has 0 spiro atoms. The van der Waals surface area contributed by atoms with E-state index in [4.69, 9.17) is 9.84 Å². The fourth-order valence-corrected chi connectivity index (χ4v) is 1.62. The molecule has 1 aromatic carbocycles. The standard InChI is InChI=1S/C13H19NO3/c1-4-17-12(13(15)16)9-14(3)11-7-5-6-10(2)8-11/h5-8,12H,4,9H2,1-3H3,(H,15,16). The molecule has 0 amide bonds. The second-order valence-corrected chi connectivity index (χ2v) is 4.00. The van der Waals surface area contributed by atoms with Crippen molar-refractivity contribution in [3.63, 3.8) is 0 Å². The molecule has 94 valence electrons. The minimum Gasteiger partial charge on any atom is -0.479 e. The van der Waals surface area contributed by atoms with Crippen LogP contribution in [0.1, 0.15) is 12.5 Å². The van der Waals surface area contributed by atoms with Gasteiger partial charge in [0, 0.05) is 19.3 Å². The van der Waals surface area contributed by atoms with Crippen molar-refractivity contribution >= 4 is 11.7 Å². The zero-order chi connectivity index (χ0) is 12.8. The first-order valence-corrected chi connectivity index (χ1v) is 5.66. The van der Waals surface area contributed by atoms with Gasteiger partial charge in [0.2, 0.25) is 0 Å². The molecule has 0 heterocycles. The Morgan fingerprint density at radius 2 is 2.24 bits per heavy atom. The second-order valence-electron chi connectivity index (χ2n) is 4.00. The number of rotatable bonds is 6. The number of hydrogen-bond acceptors (Lipinski definition) is 3. The largest absolute Gasteiger partial charge is 0.479 e. The maximum Gasteiger partial charge on any atom is 0.334 e. The van der Waals surface area contributed by atoms with Gasteiger partial charge < -0.3 is 14.7 Å². The number of carboxylic acids is 1. The zero-order valence-electron chi connectivity index (χ0n) is 10.5. The van der Waals surface area contributed by atoms with Crippen molar-refractivity contribution in [3.05, 3.63) is 29.8 Å². The third kappa shape index (κ3) is 4.07. The fraction of sp³-hybridized carbons (Fsp3) is 0.462. The minimum atomic E-state index is -0.925. The van der Waals surface area contributed by atoms with Gasteiger partial charge in [0.15, 0.2) is 6.10 Å². The highest BCUT2D eigenvalue weighted by Crippen LogP contribution is 2.14. The fourth-order valence-electron chi connectivity index (χ4n) is 1.62. The van der Waals surface area contributed by atoms with Crippen molar-refractivity contribution in [2.75, 3.05) is 25.1 Å². The lowest BCUT2D eigenvalue weighted by molar-refractivity contribution is -0.149. The lowest BCUT2D eigenvalue weighted by atomic mass is 10.2. The van der Waals surface area contributed by atoms with Crippen LogP contribution < -0.4 is 4.90 Å². The Bertz CT molecular complexity index is 379. The number of anilines is 1. The van der Waals surface area contributed by atoms with Crippen molar-refractivity contribution in [1.82, 2.24) is 0 Å². The molecule has 0 aromatic heterocycles. The van der Waals surface area contributed by atoms with Gasteiger partial charge in [-0.2, -0.15) is 0 Å². The number of benzene rings is 1. The molecule has 1 aromatic rings. The van der Waals surface area contributed by atoms with Gasteiger partial charge in [-0.15, -0.1) is 0 Å². The highest BCUT2D eigenvalue weighted by molar-refractivity contribution is 5.73. The van der Waals surface area contributed by atoms with Crippen molar-refractivity contribution in [1.29, 1.82) is 0 Å². The molecular weight excluding hydrogens is 218 g/mol. The summed E-state index contributed by atoms with van der Waals surface area (Å²) in [5.74, 6) is -0.925. The van der Waals surface area contributed by atoms with E-state index in [1.807, 2.05) is 43.1 Å². The minimum absolute atomic E-state index is 0.340.